The molecule has 4 rings (SSSR count). The molecule has 0 unspecified atom stereocenters. The summed E-state index contributed by atoms with van der Waals surface area (Å²) in [6.07, 6.45) is 1.49. The molecular formula is C20H16N2O4S2. The van der Waals surface area contributed by atoms with Crippen molar-refractivity contribution in [1.29, 1.82) is 0 Å². The number of fused-ring (bicyclic) bond motifs is 1. The van der Waals surface area contributed by atoms with Gasteiger partial charge in [-0.1, -0.05) is 18.2 Å². The molecule has 6 nitrogen and oxygen atoms in total. The normalized spacial score (nSPS) is 11.8. The van der Waals surface area contributed by atoms with Gasteiger partial charge < -0.3 is 5.11 Å². The van der Waals surface area contributed by atoms with Gasteiger partial charge in [-0.05, 0) is 47.3 Å². The summed E-state index contributed by atoms with van der Waals surface area (Å²) in [5.74, 6) is 0. The van der Waals surface area contributed by atoms with Gasteiger partial charge in [0.05, 0.1) is 34.5 Å². The van der Waals surface area contributed by atoms with Gasteiger partial charge in [0.2, 0.25) is 9.84 Å². The lowest BCUT2D eigenvalue weighted by atomic mass is 10.2. The number of hydrogen-bond acceptors (Lipinski definition) is 6. The third-order valence-electron chi connectivity index (χ3n) is 4.49. The van der Waals surface area contributed by atoms with E-state index in [9.17, 15) is 18.3 Å². The van der Waals surface area contributed by atoms with Crippen LogP contribution in [0.1, 0.15) is 10.4 Å². The van der Waals surface area contributed by atoms with Crippen LogP contribution in [0, 0.1) is 0 Å². The van der Waals surface area contributed by atoms with E-state index >= 15 is 0 Å². The van der Waals surface area contributed by atoms with Crippen LogP contribution in [0.3, 0.4) is 0 Å². The summed E-state index contributed by atoms with van der Waals surface area (Å²) in [6.45, 7) is 0.161. The standard InChI is InChI=1S/C20H16N2O4S2/c23-13-19-14(8-9-27-19)12-22-20(24)18-7-6-17(10-15(18)11-21-22)28(25,26)16-4-2-1-3-5-16/h1-11,23H,12-13H2. The molecule has 0 saturated carbocycles. The number of nitrogens with zero attached hydrogens (tertiary/aromatic N) is 2. The number of aliphatic hydroxyl groups is 1. The molecule has 1 N–H and O–H groups in total. The second-order valence-electron chi connectivity index (χ2n) is 6.20. The fourth-order valence-electron chi connectivity index (χ4n) is 2.99. The Morgan fingerprint density at radius 3 is 2.57 bits per heavy atom. The van der Waals surface area contributed by atoms with E-state index in [0.717, 1.165) is 10.4 Å². The van der Waals surface area contributed by atoms with Crippen LogP contribution in [-0.4, -0.2) is 23.3 Å². The maximum absolute atomic E-state index is 12.8. The van der Waals surface area contributed by atoms with Crippen molar-refractivity contribution in [2.75, 3.05) is 0 Å². The zero-order chi connectivity index (χ0) is 19.7. The molecule has 0 bridgehead atoms. The van der Waals surface area contributed by atoms with E-state index in [0.29, 0.717) is 10.8 Å². The van der Waals surface area contributed by atoms with Crippen molar-refractivity contribution in [1.82, 2.24) is 9.78 Å². The highest BCUT2D eigenvalue weighted by molar-refractivity contribution is 7.91. The summed E-state index contributed by atoms with van der Waals surface area (Å²) in [5.41, 5.74) is 0.529. The molecule has 0 aliphatic carbocycles. The monoisotopic (exact) mass is 412 g/mol. The fourth-order valence-corrected chi connectivity index (χ4v) is 5.06. The van der Waals surface area contributed by atoms with Gasteiger partial charge in [0.1, 0.15) is 0 Å². The number of aromatic nitrogens is 2. The fraction of sp³-hybridized carbons (Fsp3) is 0.100. The molecule has 8 heteroatoms. The van der Waals surface area contributed by atoms with Crippen molar-refractivity contribution < 1.29 is 13.5 Å². The van der Waals surface area contributed by atoms with E-state index in [2.05, 4.69) is 5.10 Å². The average molecular weight is 412 g/mol. The van der Waals surface area contributed by atoms with Gasteiger partial charge in [-0.3, -0.25) is 4.79 Å². The maximum Gasteiger partial charge on any atom is 0.274 e. The first-order chi connectivity index (χ1) is 13.5. The molecule has 0 amide bonds. The summed E-state index contributed by atoms with van der Waals surface area (Å²) in [7, 11) is -3.67. The number of rotatable bonds is 5. The lowest BCUT2D eigenvalue weighted by Crippen LogP contribution is -2.23. The van der Waals surface area contributed by atoms with Crippen LogP contribution in [0.4, 0.5) is 0 Å². The number of benzene rings is 2. The maximum atomic E-state index is 12.8. The topological polar surface area (TPSA) is 89.3 Å². The Labute approximate surface area is 165 Å². The quantitative estimate of drug-likeness (QED) is 0.544. The summed E-state index contributed by atoms with van der Waals surface area (Å²) in [4.78, 5) is 13.9. The second kappa shape index (κ2) is 7.31. The van der Waals surface area contributed by atoms with Gasteiger partial charge in [0.25, 0.3) is 5.56 Å². The molecule has 0 aliphatic rings. The van der Waals surface area contributed by atoms with Crippen LogP contribution in [0.25, 0.3) is 10.8 Å². The minimum atomic E-state index is -3.67. The van der Waals surface area contributed by atoms with Gasteiger partial charge in [-0.25, -0.2) is 13.1 Å². The summed E-state index contributed by atoms with van der Waals surface area (Å²) < 4.78 is 26.9. The van der Waals surface area contributed by atoms with E-state index in [4.69, 9.17) is 0 Å². The van der Waals surface area contributed by atoms with E-state index in [1.54, 1.807) is 18.2 Å². The largest absolute Gasteiger partial charge is 0.391 e. The van der Waals surface area contributed by atoms with Crippen molar-refractivity contribution in [3.8, 4) is 0 Å². The minimum absolute atomic E-state index is 0.0873. The number of thiophene rings is 1. The molecule has 28 heavy (non-hydrogen) atoms. The predicted molar refractivity (Wildman–Crippen MR) is 107 cm³/mol. The van der Waals surface area contributed by atoms with Crippen LogP contribution in [-0.2, 0) is 23.0 Å². The lowest BCUT2D eigenvalue weighted by molar-refractivity contribution is 0.284. The number of sulfone groups is 1. The van der Waals surface area contributed by atoms with Crippen LogP contribution in [0.2, 0.25) is 0 Å². The Morgan fingerprint density at radius 1 is 1.04 bits per heavy atom. The smallest absolute Gasteiger partial charge is 0.274 e. The Hall–Kier alpha value is -2.81. The van der Waals surface area contributed by atoms with Gasteiger partial charge >= 0.3 is 0 Å². The Bertz CT molecular complexity index is 1310. The zero-order valence-corrected chi connectivity index (χ0v) is 16.3. The molecule has 0 spiro atoms. The van der Waals surface area contributed by atoms with Crippen LogP contribution >= 0.6 is 11.3 Å². The second-order valence-corrected chi connectivity index (χ2v) is 9.15. The minimum Gasteiger partial charge on any atom is -0.391 e. The summed E-state index contributed by atoms with van der Waals surface area (Å²) >= 11 is 1.42. The summed E-state index contributed by atoms with van der Waals surface area (Å²) in [5, 5.41) is 16.3. The lowest BCUT2D eigenvalue weighted by Gasteiger charge is -2.08. The average Bonchev–Trinajstić information content (AvgIpc) is 3.17. The first kappa shape index (κ1) is 18.5. The van der Waals surface area contributed by atoms with E-state index < -0.39 is 9.84 Å². The van der Waals surface area contributed by atoms with Gasteiger partial charge in [-0.15, -0.1) is 11.3 Å². The summed E-state index contributed by atoms with van der Waals surface area (Å²) in [6, 6.07) is 14.4. The van der Waals surface area contributed by atoms with Gasteiger partial charge in [0, 0.05) is 10.3 Å². The van der Waals surface area contributed by atoms with Crippen LogP contribution < -0.4 is 5.56 Å². The van der Waals surface area contributed by atoms with Crippen molar-refractivity contribution in [2.24, 2.45) is 0 Å². The van der Waals surface area contributed by atoms with Crippen molar-refractivity contribution in [3.05, 3.63) is 87.0 Å². The van der Waals surface area contributed by atoms with Crippen LogP contribution in [0.15, 0.2) is 80.8 Å². The molecule has 142 valence electrons. The van der Waals surface area contributed by atoms with Crippen molar-refractivity contribution >= 4 is 31.9 Å². The highest BCUT2D eigenvalue weighted by atomic mass is 32.2. The van der Waals surface area contributed by atoms with E-state index in [-0.39, 0.29) is 28.5 Å². The Morgan fingerprint density at radius 2 is 1.82 bits per heavy atom. The highest BCUT2D eigenvalue weighted by Gasteiger charge is 2.18. The molecule has 4 aromatic rings. The molecule has 2 aromatic heterocycles. The predicted octanol–water partition coefficient (Wildman–Crippen LogP) is 2.83. The molecule has 0 saturated heterocycles. The molecule has 2 aromatic carbocycles. The molecule has 2 heterocycles. The third kappa shape index (κ3) is 3.26. The third-order valence-corrected chi connectivity index (χ3v) is 7.20. The van der Waals surface area contributed by atoms with Crippen molar-refractivity contribution in [2.45, 2.75) is 22.9 Å². The highest BCUT2D eigenvalue weighted by Crippen LogP contribution is 2.23. The van der Waals surface area contributed by atoms with Crippen LogP contribution in [0.5, 0.6) is 0 Å². The Balaban J connectivity index is 1.76. The number of hydrogen-bond donors (Lipinski definition) is 1. The number of aliphatic hydroxyl groups excluding tert-OH is 1. The molecule has 0 radical (unpaired) electrons. The zero-order valence-electron chi connectivity index (χ0n) is 14.6. The molecule has 0 fully saturated rings. The Kier molecular flexibility index (Phi) is 4.84. The molecular weight excluding hydrogens is 396 g/mol. The first-order valence-electron chi connectivity index (χ1n) is 8.47. The van der Waals surface area contributed by atoms with E-state index in [1.807, 2.05) is 11.4 Å². The van der Waals surface area contributed by atoms with Gasteiger partial charge in [0.15, 0.2) is 0 Å². The van der Waals surface area contributed by atoms with E-state index in [1.165, 1.54) is 52.5 Å². The SMILES string of the molecule is O=c1c2ccc(S(=O)(=O)c3ccccc3)cc2cnn1Cc1ccsc1CO. The first-order valence-corrected chi connectivity index (χ1v) is 10.8. The van der Waals surface area contributed by atoms with Gasteiger partial charge in [-0.2, -0.15) is 5.10 Å². The molecule has 0 aliphatic heterocycles. The molecule has 0 atom stereocenters. The van der Waals surface area contributed by atoms with Crippen molar-refractivity contribution in [3.63, 3.8) is 0 Å².